The van der Waals surface area contributed by atoms with E-state index in [0.717, 1.165) is 0 Å². The minimum atomic E-state index is 0.316. The fourth-order valence-corrected chi connectivity index (χ4v) is 1.79. The van der Waals surface area contributed by atoms with Crippen molar-refractivity contribution in [2.45, 2.75) is 10.8 Å². The van der Waals surface area contributed by atoms with Gasteiger partial charge in [-0.2, -0.15) is 0 Å². The molecule has 0 aromatic heterocycles. The molecule has 0 heterocycles. The SMILES string of the molecule is COCC(CN)c1ccc(SC)cc1. The van der Waals surface area contributed by atoms with Crippen molar-refractivity contribution in [2.75, 3.05) is 26.5 Å². The first kappa shape index (κ1) is 11.6. The molecule has 78 valence electrons. The third-order valence-electron chi connectivity index (χ3n) is 2.24. The number of ether oxygens (including phenoxy) is 1. The number of hydrogen-bond donors (Lipinski definition) is 1. The van der Waals surface area contributed by atoms with Crippen LogP contribution in [0.15, 0.2) is 29.2 Å². The van der Waals surface area contributed by atoms with Crippen LogP contribution in [-0.4, -0.2) is 26.5 Å². The number of rotatable bonds is 5. The van der Waals surface area contributed by atoms with E-state index in [1.807, 2.05) is 0 Å². The van der Waals surface area contributed by atoms with Gasteiger partial charge in [-0.3, -0.25) is 0 Å². The molecule has 0 aliphatic heterocycles. The average Bonchev–Trinajstić information content (AvgIpc) is 2.26. The van der Waals surface area contributed by atoms with Gasteiger partial charge >= 0.3 is 0 Å². The number of benzene rings is 1. The molecule has 2 nitrogen and oxygen atoms in total. The van der Waals surface area contributed by atoms with Gasteiger partial charge in [0.15, 0.2) is 0 Å². The summed E-state index contributed by atoms with van der Waals surface area (Å²) in [6.07, 6.45) is 2.07. The zero-order valence-electron chi connectivity index (χ0n) is 8.69. The van der Waals surface area contributed by atoms with E-state index < -0.39 is 0 Å². The molecule has 1 atom stereocenters. The quantitative estimate of drug-likeness (QED) is 0.758. The van der Waals surface area contributed by atoms with Crippen LogP contribution in [0.3, 0.4) is 0 Å². The van der Waals surface area contributed by atoms with Crippen LogP contribution in [0.1, 0.15) is 11.5 Å². The van der Waals surface area contributed by atoms with Crippen molar-refractivity contribution in [3.05, 3.63) is 29.8 Å². The first-order valence-corrected chi connectivity index (χ1v) is 5.87. The highest BCUT2D eigenvalue weighted by Gasteiger charge is 2.08. The van der Waals surface area contributed by atoms with Gasteiger partial charge in [0.1, 0.15) is 0 Å². The van der Waals surface area contributed by atoms with Crippen LogP contribution in [0.5, 0.6) is 0 Å². The molecule has 1 aromatic carbocycles. The lowest BCUT2D eigenvalue weighted by Gasteiger charge is -2.14. The van der Waals surface area contributed by atoms with Gasteiger partial charge in [-0.1, -0.05) is 12.1 Å². The highest BCUT2D eigenvalue weighted by Crippen LogP contribution is 2.20. The molecule has 1 aromatic rings. The molecule has 0 aliphatic carbocycles. The van der Waals surface area contributed by atoms with Crippen molar-refractivity contribution >= 4 is 11.8 Å². The molecule has 0 bridgehead atoms. The number of hydrogen-bond acceptors (Lipinski definition) is 3. The fraction of sp³-hybridized carbons (Fsp3) is 0.455. The van der Waals surface area contributed by atoms with Crippen LogP contribution < -0.4 is 5.73 Å². The third kappa shape index (κ3) is 3.01. The molecule has 0 aliphatic rings. The Morgan fingerprint density at radius 2 is 2.00 bits per heavy atom. The van der Waals surface area contributed by atoms with Gasteiger partial charge in [-0.25, -0.2) is 0 Å². The van der Waals surface area contributed by atoms with Gasteiger partial charge in [0.25, 0.3) is 0 Å². The summed E-state index contributed by atoms with van der Waals surface area (Å²) in [6.45, 7) is 1.32. The van der Waals surface area contributed by atoms with Gasteiger partial charge in [-0.15, -0.1) is 11.8 Å². The highest BCUT2D eigenvalue weighted by atomic mass is 32.2. The van der Waals surface area contributed by atoms with Crippen molar-refractivity contribution in [3.63, 3.8) is 0 Å². The summed E-state index contributed by atoms with van der Waals surface area (Å²) >= 11 is 1.75. The second kappa shape index (κ2) is 6.06. The van der Waals surface area contributed by atoms with Crippen LogP contribution in [-0.2, 0) is 4.74 Å². The topological polar surface area (TPSA) is 35.2 Å². The molecule has 0 spiro atoms. The summed E-state index contributed by atoms with van der Waals surface area (Å²) in [7, 11) is 1.71. The lowest BCUT2D eigenvalue weighted by Crippen LogP contribution is -2.17. The largest absolute Gasteiger partial charge is 0.384 e. The Morgan fingerprint density at radius 3 is 2.43 bits per heavy atom. The third-order valence-corrected chi connectivity index (χ3v) is 2.98. The monoisotopic (exact) mass is 211 g/mol. The molecule has 1 rings (SSSR count). The first-order valence-electron chi connectivity index (χ1n) is 4.64. The Balaban J connectivity index is 2.73. The molecule has 0 saturated heterocycles. The van der Waals surface area contributed by atoms with Crippen LogP contribution in [0, 0.1) is 0 Å². The fourth-order valence-electron chi connectivity index (χ4n) is 1.38. The molecule has 1 unspecified atom stereocenters. The van der Waals surface area contributed by atoms with E-state index in [1.165, 1.54) is 10.5 Å². The zero-order chi connectivity index (χ0) is 10.4. The summed E-state index contributed by atoms with van der Waals surface area (Å²) in [4.78, 5) is 1.28. The highest BCUT2D eigenvalue weighted by molar-refractivity contribution is 7.98. The maximum Gasteiger partial charge on any atom is 0.0543 e. The summed E-state index contributed by atoms with van der Waals surface area (Å²) in [6, 6.07) is 8.50. The minimum Gasteiger partial charge on any atom is -0.384 e. The molecule has 0 amide bonds. The second-order valence-electron chi connectivity index (χ2n) is 3.16. The summed E-state index contributed by atoms with van der Waals surface area (Å²) in [5.41, 5.74) is 6.93. The maximum absolute atomic E-state index is 5.68. The van der Waals surface area contributed by atoms with Crippen LogP contribution in [0.4, 0.5) is 0 Å². The average molecular weight is 211 g/mol. The van der Waals surface area contributed by atoms with E-state index in [-0.39, 0.29) is 0 Å². The number of methoxy groups -OCH3 is 1. The minimum absolute atomic E-state index is 0.316. The van der Waals surface area contributed by atoms with E-state index in [2.05, 4.69) is 30.5 Å². The molecule has 3 heteroatoms. The van der Waals surface area contributed by atoms with Crippen molar-refractivity contribution in [3.8, 4) is 0 Å². The normalized spacial score (nSPS) is 12.8. The summed E-state index contributed by atoms with van der Waals surface area (Å²) < 4.78 is 5.12. The van der Waals surface area contributed by atoms with Gasteiger partial charge in [0.05, 0.1) is 6.61 Å². The Morgan fingerprint density at radius 1 is 1.36 bits per heavy atom. The van der Waals surface area contributed by atoms with E-state index in [4.69, 9.17) is 10.5 Å². The van der Waals surface area contributed by atoms with Crippen molar-refractivity contribution in [1.82, 2.24) is 0 Å². The summed E-state index contributed by atoms with van der Waals surface area (Å²) in [5.74, 6) is 0.316. The maximum atomic E-state index is 5.68. The molecule has 0 radical (unpaired) electrons. The lowest BCUT2D eigenvalue weighted by atomic mass is 10.0. The van der Waals surface area contributed by atoms with Crippen LogP contribution in [0.2, 0.25) is 0 Å². The zero-order valence-corrected chi connectivity index (χ0v) is 9.51. The first-order chi connectivity index (χ1) is 6.81. The lowest BCUT2D eigenvalue weighted by molar-refractivity contribution is 0.181. The van der Waals surface area contributed by atoms with Crippen molar-refractivity contribution in [1.29, 1.82) is 0 Å². The number of nitrogens with two attached hydrogens (primary N) is 1. The number of thioether (sulfide) groups is 1. The Kier molecular flexibility index (Phi) is 5.01. The van der Waals surface area contributed by atoms with E-state index >= 15 is 0 Å². The Labute approximate surface area is 89.8 Å². The molecular formula is C11H17NOS. The molecule has 0 fully saturated rings. The Bertz CT molecular complexity index is 260. The predicted molar refractivity (Wildman–Crippen MR) is 61.9 cm³/mol. The van der Waals surface area contributed by atoms with Crippen LogP contribution >= 0.6 is 11.8 Å². The molecular weight excluding hydrogens is 194 g/mol. The molecule has 0 saturated carbocycles. The van der Waals surface area contributed by atoms with Crippen molar-refractivity contribution < 1.29 is 4.74 Å². The van der Waals surface area contributed by atoms with Gasteiger partial charge in [0, 0.05) is 24.5 Å². The predicted octanol–water partition coefficient (Wildman–Crippen LogP) is 2.10. The van der Waals surface area contributed by atoms with Crippen molar-refractivity contribution in [2.24, 2.45) is 5.73 Å². The van der Waals surface area contributed by atoms with Crippen LogP contribution in [0.25, 0.3) is 0 Å². The van der Waals surface area contributed by atoms with E-state index in [0.29, 0.717) is 19.1 Å². The van der Waals surface area contributed by atoms with E-state index in [1.54, 1.807) is 18.9 Å². The van der Waals surface area contributed by atoms with Gasteiger partial charge in [0.2, 0.25) is 0 Å². The smallest absolute Gasteiger partial charge is 0.0543 e. The van der Waals surface area contributed by atoms with Gasteiger partial charge in [-0.05, 0) is 24.0 Å². The standard InChI is InChI=1S/C11H17NOS/c1-13-8-10(7-12)9-3-5-11(14-2)6-4-9/h3-6,10H,7-8,12H2,1-2H3. The molecule has 14 heavy (non-hydrogen) atoms. The summed E-state index contributed by atoms with van der Waals surface area (Å²) in [5, 5.41) is 0. The molecule has 2 N–H and O–H groups in total. The Hall–Kier alpha value is -0.510. The van der Waals surface area contributed by atoms with Gasteiger partial charge < -0.3 is 10.5 Å². The van der Waals surface area contributed by atoms with E-state index in [9.17, 15) is 0 Å². The second-order valence-corrected chi connectivity index (χ2v) is 4.04.